The van der Waals surface area contributed by atoms with E-state index in [0.717, 1.165) is 0 Å². The molecule has 0 aromatic carbocycles. The highest BCUT2D eigenvalue weighted by atomic mass is 32.2. The van der Waals surface area contributed by atoms with Crippen LogP contribution in [0.2, 0.25) is 0 Å². The Balaban J connectivity index is 2.85. The van der Waals surface area contributed by atoms with Gasteiger partial charge in [-0.05, 0) is 0 Å². The number of nitrogens with zero attached hydrogens (tertiary/aromatic N) is 2. The SMILES string of the molecule is Cn1ccc([S+](N)[O-])n1. The van der Waals surface area contributed by atoms with Crippen LogP contribution in [-0.2, 0) is 18.4 Å². The first-order valence-electron chi connectivity index (χ1n) is 2.36. The van der Waals surface area contributed by atoms with Crippen molar-refractivity contribution in [2.24, 2.45) is 12.2 Å². The normalized spacial score (nSPS) is 13.7. The molecular weight excluding hydrogens is 138 g/mol. The summed E-state index contributed by atoms with van der Waals surface area (Å²) >= 11 is -1.44. The molecule has 4 nitrogen and oxygen atoms in total. The third kappa shape index (κ3) is 1.44. The molecule has 0 radical (unpaired) electrons. The van der Waals surface area contributed by atoms with Gasteiger partial charge in [-0.15, -0.1) is 10.2 Å². The van der Waals surface area contributed by atoms with Crippen LogP contribution in [0.1, 0.15) is 0 Å². The van der Waals surface area contributed by atoms with Gasteiger partial charge in [0.2, 0.25) is 0 Å². The number of aryl methyl sites for hydroxylation is 1. The summed E-state index contributed by atoms with van der Waals surface area (Å²) in [4.78, 5) is 0. The molecule has 0 amide bonds. The second-order valence-corrected chi connectivity index (χ2v) is 2.64. The van der Waals surface area contributed by atoms with E-state index in [-0.39, 0.29) is 0 Å². The summed E-state index contributed by atoms with van der Waals surface area (Å²) in [5.41, 5.74) is 0. The van der Waals surface area contributed by atoms with Crippen molar-refractivity contribution in [3.8, 4) is 0 Å². The van der Waals surface area contributed by atoms with E-state index in [2.05, 4.69) is 5.10 Å². The molecule has 2 N–H and O–H groups in total. The summed E-state index contributed by atoms with van der Waals surface area (Å²) in [5, 5.41) is 9.24. The largest absolute Gasteiger partial charge is 0.592 e. The molecule has 0 saturated carbocycles. The van der Waals surface area contributed by atoms with Crippen LogP contribution in [0.3, 0.4) is 0 Å². The summed E-state index contributed by atoms with van der Waals surface area (Å²) in [7, 11) is 1.75. The van der Waals surface area contributed by atoms with Crippen LogP contribution in [0, 0.1) is 0 Å². The Kier molecular flexibility index (Phi) is 1.75. The van der Waals surface area contributed by atoms with Gasteiger partial charge in [0.15, 0.2) is 0 Å². The van der Waals surface area contributed by atoms with E-state index in [4.69, 9.17) is 5.14 Å². The lowest BCUT2D eigenvalue weighted by Crippen LogP contribution is -2.13. The van der Waals surface area contributed by atoms with Gasteiger partial charge >= 0.3 is 0 Å². The highest BCUT2D eigenvalue weighted by Crippen LogP contribution is 1.99. The molecule has 1 unspecified atom stereocenters. The van der Waals surface area contributed by atoms with Crippen LogP contribution >= 0.6 is 0 Å². The van der Waals surface area contributed by atoms with Gasteiger partial charge in [0.25, 0.3) is 5.03 Å². The van der Waals surface area contributed by atoms with E-state index >= 15 is 0 Å². The minimum atomic E-state index is -1.44. The molecule has 0 spiro atoms. The Labute approximate surface area is 56.0 Å². The molecule has 0 aliphatic heterocycles. The number of rotatable bonds is 1. The second kappa shape index (κ2) is 2.38. The summed E-state index contributed by atoms with van der Waals surface area (Å²) in [5.74, 6) is 0. The Bertz CT molecular complexity index is 197. The lowest BCUT2D eigenvalue weighted by Gasteiger charge is -1.94. The second-order valence-electron chi connectivity index (χ2n) is 1.63. The van der Waals surface area contributed by atoms with E-state index in [1.54, 1.807) is 24.0 Å². The first-order valence-corrected chi connectivity index (χ1v) is 3.57. The molecule has 5 heteroatoms. The van der Waals surface area contributed by atoms with Crippen LogP contribution in [0.4, 0.5) is 0 Å². The molecule has 1 atom stereocenters. The maximum atomic E-state index is 10.5. The minimum absolute atomic E-state index is 0.414. The quantitative estimate of drug-likeness (QED) is 0.537. The van der Waals surface area contributed by atoms with Crippen LogP contribution in [0.15, 0.2) is 17.3 Å². The number of hydrogen-bond donors (Lipinski definition) is 1. The Morgan fingerprint density at radius 2 is 2.56 bits per heavy atom. The minimum Gasteiger partial charge on any atom is -0.592 e. The topological polar surface area (TPSA) is 66.9 Å². The first kappa shape index (κ1) is 6.60. The van der Waals surface area contributed by atoms with Gasteiger partial charge in [0.05, 0.1) is 11.4 Å². The predicted molar refractivity (Wildman–Crippen MR) is 33.8 cm³/mol. The fraction of sp³-hybridized carbons (Fsp3) is 0.250. The zero-order valence-electron chi connectivity index (χ0n) is 4.94. The molecule has 1 rings (SSSR count). The summed E-state index contributed by atoms with van der Waals surface area (Å²) in [6, 6.07) is 1.62. The summed E-state index contributed by atoms with van der Waals surface area (Å²) in [6.07, 6.45) is 1.69. The van der Waals surface area contributed by atoms with E-state index in [0.29, 0.717) is 5.03 Å². The molecule has 1 aromatic rings. The highest BCUT2D eigenvalue weighted by molar-refractivity contribution is 7.89. The van der Waals surface area contributed by atoms with E-state index in [1.807, 2.05) is 0 Å². The number of aromatic nitrogens is 2. The van der Waals surface area contributed by atoms with Gasteiger partial charge < -0.3 is 4.55 Å². The first-order chi connectivity index (χ1) is 4.20. The van der Waals surface area contributed by atoms with Crippen molar-refractivity contribution in [3.63, 3.8) is 0 Å². The van der Waals surface area contributed by atoms with Crippen molar-refractivity contribution in [3.05, 3.63) is 12.3 Å². The van der Waals surface area contributed by atoms with Crippen LogP contribution in [0.5, 0.6) is 0 Å². The fourth-order valence-corrected chi connectivity index (χ4v) is 0.905. The van der Waals surface area contributed by atoms with Crippen molar-refractivity contribution >= 4 is 11.4 Å². The number of hydrogen-bond acceptors (Lipinski definition) is 3. The van der Waals surface area contributed by atoms with Crippen LogP contribution < -0.4 is 5.14 Å². The third-order valence-electron chi connectivity index (χ3n) is 0.895. The molecule has 0 fully saturated rings. The molecule has 0 saturated heterocycles. The smallest absolute Gasteiger partial charge is 0.283 e. The molecule has 50 valence electrons. The van der Waals surface area contributed by atoms with Crippen molar-refractivity contribution in [1.82, 2.24) is 9.78 Å². The van der Waals surface area contributed by atoms with Crippen molar-refractivity contribution in [2.45, 2.75) is 5.03 Å². The van der Waals surface area contributed by atoms with Gasteiger partial charge in [0, 0.05) is 19.3 Å². The zero-order valence-corrected chi connectivity index (χ0v) is 5.76. The maximum absolute atomic E-state index is 10.5. The van der Waals surface area contributed by atoms with Gasteiger partial charge in [-0.25, -0.2) is 0 Å². The van der Waals surface area contributed by atoms with Crippen molar-refractivity contribution in [1.29, 1.82) is 0 Å². The molecule has 0 aliphatic rings. The maximum Gasteiger partial charge on any atom is 0.283 e. The van der Waals surface area contributed by atoms with Gasteiger partial charge in [0.1, 0.15) is 0 Å². The summed E-state index contributed by atoms with van der Waals surface area (Å²) in [6.45, 7) is 0. The van der Waals surface area contributed by atoms with E-state index in [1.165, 1.54) is 0 Å². The molecular formula is C4H7N3OS. The Hall–Kier alpha value is -0.520. The average Bonchev–Trinajstić information content (AvgIpc) is 2.14. The van der Waals surface area contributed by atoms with Gasteiger partial charge in [-0.1, -0.05) is 0 Å². The van der Waals surface area contributed by atoms with Crippen LogP contribution in [-0.4, -0.2) is 14.3 Å². The van der Waals surface area contributed by atoms with Gasteiger partial charge in [-0.2, -0.15) is 0 Å². The monoisotopic (exact) mass is 145 g/mol. The fourth-order valence-electron chi connectivity index (χ4n) is 0.501. The molecule has 1 aromatic heterocycles. The highest BCUT2D eigenvalue weighted by Gasteiger charge is 2.06. The molecule has 0 aliphatic carbocycles. The lowest BCUT2D eigenvalue weighted by molar-refractivity contribution is 0.588. The lowest BCUT2D eigenvalue weighted by atomic mass is 10.7. The van der Waals surface area contributed by atoms with Gasteiger partial charge in [-0.3, -0.25) is 4.68 Å². The Morgan fingerprint density at radius 3 is 2.78 bits per heavy atom. The molecule has 0 bridgehead atoms. The standard InChI is InChI=1S/C4H7N3OS/c1-7-3-2-4(6-7)9(5)8/h2-3H,5H2,1H3. The van der Waals surface area contributed by atoms with Crippen molar-refractivity contribution < 1.29 is 4.55 Å². The average molecular weight is 145 g/mol. The van der Waals surface area contributed by atoms with E-state index < -0.39 is 11.4 Å². The van der Waals surface area contributed by atoms with Crippen molar-refractivity contribution in [2.75, 3.05) is 0 Å². The zero-order chi connectivity index (χ0) is 6.85. The summed E-state index contributed by atoms with van der Waals surface area (Å²) < 4.78 is 12.0. The third-order valence-corrected chi connectivity index (χ3v) is 1.53. The molecule has 9 heavy (non-hydrogen) atoms. The number of nitrogens with two attached hydrogens (primary N) is 1. The molecule has 1 heterocycles. The Morgan fingerprint density at radius 1 is 1.89 bits per heavy atom. The van der Waals surface area contributed by atoms with E-state index in [9.17, 15) is 4.55 Å². The van der Waals surface area contributed by atoms with Crippen LogP contribution in [0.25, 0.3) is 0 Å². The predicted octanol–water partition coefficient (Wildman–Crippen LogP) is -0.599.